The maximum atomic E-state index is 12.3. The highest BCUT2D eigenvalue weighted by molar-refractivity contribution is 7.90. The number of sulfone groups is 1. The third-order valence-corrected chi connectivity index (χ3v) is 4.58. The molecule has 0 heterocycles. The molecule has 0 radical (unpaired) electrons. The Morgan fingerprint density at radius 3 is 2.50 bits per heavy atom. The molecular formula is C17H26F3N3O4S. The molecule has 0 bridgehead atoms. The van der Waals surface area contributed by atoms with Crippen LogP contribution in [0.25, 0.3) is 0 Å². The van der Waals surface area contributed by atoms with E-state index in [4.69, 9.17) is 9.47 Å². The summed E-state index contributed by atoms with van der Waals surface area (Å²) in [5.41, 5.74) is 0.739. The number of aliphatic imine (C=N–C) groups is 1. The smallest absolute Gasteiger partial charge is 0.422 e. The molecule has 0 aliphatic rings. The summed E-state index contributed by atoms with van der Waals surface area (Å²) in [6.45, 7) is 0.769. The molecule has 1 atom stereocenters. The van der Waals surface area contributed by atoms with Crippen LogP contribution in [0.15, 0.2) is 23.2 Å². The van der Waals surface area contributed by atoms with E-state index < -0.39 is 22.6 Å². The van der Waals surface area contributed by atoms with Gasteiger partial charge in [-0.25, -0.2) is 8.42 Å². The average molecular weight is 425 g/mol. The highest BCUT2D eigenvalue weighted by Gasteiger charge is 2.29. The highest BCUT2D eigenvalue weighted by atomic mass is 32.2. The van der Waals surface area contributed by atoms with Gasteiger partial charge >= 0.3 is 6.18 Å². The molecule has 0 aliphatic carbocycles. The fourth-order valence-electron chi connectivity index (χ4n) is 2.18. The third-order valence-electron chi connectivity index (χ3n) is 3.61. The first kappa shape index (κ1) is 23.9. The van der Waals surface area contributed by atoms with E-state index in [0.717, 1.165) is 5.56 Å². The van der Waals surface area contributed by atoms with Crippen molar-refractivity contribution in [3.63, 3.8) is 0 Å². The van der Waals surface area contributed by atoms with Crippen LogP contribution in [0.3, 0.4) is 0 Å². The Morgan fingerprint density at radius 1 is 1.29 bits per heavy atom. The number of hydrogen-bond donors (Lipinski definition) is 2. The number of benzene rings is 1. The van der Waals surface area contributed by atoms with Crippen molar-refractivity contribution in [1.82, 2.24) is 10.6 Å². The number of hydrogen-bond acceptors (Lipinski definition) is 5. The van der Waals surface area contributed by atoms with Gasteiger partial charge in [0.2, 0.25) is 0 Å². The lowest BCUT2D eigenvalue weighted by molar-refractivity contribution is -0.153. The number of ether oxygens (including phenoxy) is 2. The summed E-state index contributed by atoms with van der Waals surface area (Å²) in [6, 6.07) is 4.47. The van der Waals surface area contributed by atoms with Crippen LogP contribution < -0.4 is 20.1 Å². The molecule has 11 heteroatoms. The van der Waals surface area contributed by atoms with E-state index in [2.05, 4.69) is 15.6 Å². The zero-order valence-corrected chi connectivity index (χ0v) is 17.1. The largest absolute Gasteiger partial charge is 0.493 e. The van der Waals surface area contributed by atoms with Gasteiger partial charge in [-0.05, 0) is 31.0 Å². The summed E-state index contributed by atoms with van der Waals surface area (Å²) in [6.07, 6.45) is -2.82. The molecule has 0 aromatic heterocycles. The first-order chi connectivity index (χ1) is 12.9. The monoisotopic (exact) mass is 425 g/mol. The summed E-state index contributed by atoms with van der Waals surface area (Å²) < 4.78 is 69.2. The number of methoxy groups -OCH3 is 1. The van der Waals surface area contributed by atoms with Gasteiger partial charge in [0.15, 0.2) is 24.1 Å². The zero-order chi connectivity index (χ0) is 21.4. The van der Waals surface area contributed by atoms with Gasteiger partial charge in [0.1, 0.15) is 9.84 Å². The summed E-state index contributed by atoms with van der Waals surface area (Å²) in [5.74, 6) is 0.722. The van der Waals surface area contributed by atoms with Crippen LogP contribution in [0.1, 0.15) is 18.9 Å². The summed E-state index contributed by atoms with van der Waals surface area (Å²) in [5, 5.41) is 6.13. The van der Waals surface area contributed by atoms with Crippen molar-refractivity contribution < 1.29 is 31.1 Å². The van der Waals surface area contributed by atoms with Crippen LogP contribution in [0.5, 0.6) is 11.5 Å². The van der Waals surface area contributed by atoms with E-state index in [9.17, 15) is 21.6 Å². The van der Waals surface area contributed by atoms with Gasteiger partial charge in [-0.3, -0.25) is 4.99 Å². The molecule has 0 spiro atoms. The molecular weight excluding hydrogens is 399 g/mol. The van der Waals surface area contributed by atoms with E-state index in [1.165, 1.54) is 19.4 Å². The van der Waals surface area contributed by atoms with Crippen molar-refractivity contribution in [3.05, 3.63) is 23.8 Å². The van der Waals surface area contributed by atoms with Crippen LogP contribution in [0, 0.1) is 0 Å². The lowest BCUT2D eigenvalue weighted by Gasteiger charge is -2.18. The molecule has 0 aliphatic heterocycles. The number of nitrogens with one attached hydrogen (secondary N) is 2. The minimum atomic E-state index is -4.43. The number of guanidine groups is 1. The molecule has 0 saturated heterocycles. The first-order valence-corrected chi connectivity index (χ1v) is 10.5. The molecule has 0 fully saturated rings. The number of halogens is 3. The minimum Gasteiger partial charge on any atom is -0.493 e. The van der Waals surface area contributed by atoms with Gasteiger partial charge in [0.05, 0.1) is 12.9 Å². The second kappa shape index (κ2) is 10.4. The average Bonchev–Trinajstić information content (AvgIpc) is 2.60. The maximum Gasteiger partial charge on any atom is 0.422 e. The Morgan fingerprint density at radius 2 is 1.96 bits per heavy atom. The second-order valence-electron chi connectivity index (χ2n) is 6.28. The van der Waals surface area contributed by atoms with Crippen LogP contribution in [0.2, 0.25) is 0 Å². The normalized spacial score (nSPS) is 13.8. The number of nitrogens with zero attached hydrogens (tertiary/aromatic N) is 1. The Kier molecular flexibility index (Phi) is 8.86. The van der Waals surface area contributed by atoms with Crippen LogP contribution in [-0.2, 0) is 16.4 Å². The van der Waals surface area contributed by atoms with Crippen molar-refractivity contribution in [1.29, 1.82) is 0 Å². The van der Waals surface area contributed by atoms with Crippen LogP contribution >= 0.6 is 0 Å². The fourth-order valence-corrected chi connectivity index (χ4v) is 2.96. The van der Waals surface area contributed by atoms with Gasteiger partial charge in [-0.2, -0.15) is 13.2 Å². The third kappa shape index (κ3) is 9.67. The minimum absolute atomic E-state index is 0.000444. The van der Waals surface area contributed by atoms with Gasteiger partial charge < -0.3 is 20.1 Å². The molecule has 160 valence electrons. The molecule has 1 rings (SSSR count). The topological polar surface area (TPSA) is 89.0 Å². The Hall–Kier alpha value is -2.17. The maximum absolute atomic E-state index is 12.3. The Labute approximate surface area is 163 Å². The predicted molar refractivity (Wildman–Crippen MR) is 102 cm³/mol. The van der Waals surface area contributed by atoms with Crippen molar-refractivity contribution >= 4 is 15.8 Å². The van der Waals surface area contributed by atoms with E-state index in [1.807, 2.05) is 6.92 Å². The SMILES string of the molecule is CN=C(NCc1ccc(OCC(F)(F)F)c(OC)c1)NC(C)CCS(C)(=O)=O. The van der Waals surface area contributed by atoms with E-state index in [1.54, 1.807) is 19.2 Å². The Bertz CT molecular complexity index is 767. The molecule has 7 nitrogen and oxygen atoms in total. The fraction of sp³-hybridized carbons (Fsp3) is 0.588. The quantitative estimate of drug-likeness (QED) is 0.466. The molecule has 0 amide bonds. The molecule has 1 aromatic carbocycles. The molecule has 1 unspecified atom stereocenters. The molecule has 1 aromatic rings. The molecule has 0 saturated carbocycles. The van der Waals surface area contributed by atoms with Gasteiger partial charge in [-0.1, -0.05) is 6.07 Å². The van der Waals surface area contributed by atoms with E-state index >= 15 is 0 Å². The van der Waals surface area contributed by atoms with Crippen molar-refractivity contribution in [3.8, 4) is 11.5 Å². The van der Waals surface area contributed by atoms with Crippen molar-refractivity contribution in [2.75, 3.05) is 32.8 Å². The standard InChI is InChI=1S/C17H26F3N3O4S/c1-12(7-8-28(4,24)25)23-16(21-2)22-10-13-5-6-14(15(9-13)26-3)27-11-17(18,19)20/h5-6,9,12H,7-8,10-11H2,1-4H3,(H2,21,22,23). The van der Waals surface area contributed by atoms with Gasteiger partial charge in [0, 0.05) is 25.9 Å². The Balaban J connectivity index is 2.64. The predicted octanol–water partition coefficient (Wildman–Crippen LogP) is 2.12. The van der Waals surface area contributed by atoms with E-state index in [0.29, 0.717) is 18.9 Å². The summed E-state index contributed by atoms with van der Waals surface area (Å²) in [7, 11) is -0.118. The summed E-state index contributed by atoms with van der Waals surface area (Å²) >= 11 is 0. The highest BCUT2D eigenvalue weighted by Crippen LogP contribution is 2.29. The van der Waals surface area contributed by atoms with Crippen molar-refractivity contribution in [2.24, 2.45) is 4.99 Å². The van der Waals surface area contributed by atoms with Gasteiger partial charge in [0.25, 0.3) is 0 Å². The van der Waals surface area contributed by atoms with Gasteiger partial charge in [-0.15, -0.1) is 0 Å². The van der Waals surface area contributed by atoms with Crippen LogP contribution in [-0.4, -0.2) is 59.4 Å². The summed E-state index contributed by atoms with van der Waals surface area (Å²) in [4.78, 5) is 4.07. The van der Waals surface area contributed by atoms with Crippen LogP contribution in [0.4, 0.5) is 13.2 Å². The lowest BCUT2D eigenvalue weighted by Crippen LogP contribution is -2.42. The molecule has 2 N–H and O–H groups in total. The zero-order valence-electron chi connectivity index (χ0n) is 16.3. The second-order valence-corrected chi connectivity index (χ2v) is 8.54. The lowest BCUT2D eigenvalue weighted by atomic mass is 10.2. The molecule has 28 heavy (non-hydrogen) atoms. The first-order valence-electron chi connectivity index (χ1n) is 8.45. The number of rotatable bonds is 9. The number of alkyl halides is 3. The van der Waals surface area contributed by atoms with Crippen molar-refractivity contribution in [2.45, 2.75) is 32.1 Å². The van der Waals surface area contributed by atoms with E-state index in [-0.39, 0.29) is 23.3 Å².